The molecule has 27 heavy (non-hydrogen) atoms. The lowest BCUT2D eigenvalue weighted by Crippen LogP contribution is -2.43. The molecule has 7 nitrogen and oxygen atoms in total. The number of halogens is 1. The van der Waals surface area contributed by atoms with Gasteiger partial charge in [0, 0.05) is 24.6 Å². The van der Waals surface area contributed by atoms with Crippen LogP contribution in [-0.2, 0) is 20.2 Å². The van der Waals surface area contributed by atoms with Gasteiger partial charge in [0.2, 0.25) is 5.91 Å². The third kappa shape index (κ3) is 4.61. The van der Waals surface area contributed by atoms with Gasteiger partial charge in [0.1, 0.15) is 9.97 Å². The third-order valence-electron chi connectivity index (χ3n) is 4.40. The quantitative estimate of drug-likeness (QED) is 0.724. The van der Waals surface area contributed by atoms with E-state index in [1.54, 1.807) is 18.2 Å². The Balaban J connectivity index is 1.69. The number of amides is 1. The fourth-order valence-corrected chi connectivity index (χ4v) is 6.54. The Morgan fingerprint density at radius 2 is 2.15 bits per heavy atom. The summed E-state index contributed by atoms with van der Waals surface area (Å²) in [5.74, 6) is 0.365. The van der Waals surface area contributed by atoms with Gasteiger partial charge in [-0.05, 0) is 40.9 Å². The maximum absolute atomic E-state index is 12.8. The van der Waals surface area contributed by atoms with Crippen molar-refractivity contribution in [2.24, 2.45) is 5.92 Å². The number of nitrogens with one attached hydrogen (secondary N) is 1. The van der Waals surface area contributed by atoms with Crippen LogP contribution in [0.15, 0.2) is 30.7 Å². The molecule has 2 aromatic heterocycles. The molecule has 1 fully saturated rings. The number of hydrogen-bond donors (Lipinski definition) is 1. The summed E-state index contributed by atoms with van der Waals surface area (Å²) in [6.07, 6.45) is 1.27. The number of piperidine rings is 1. The molecule has 1 amide bonds. The van der Waals surface area contributed by atoms with E-state index in [0.29, 0.717) is 31.0 Å². The summed E-state index contributed by atoms with van der Waals surface area (Å²) in [5, 5.41) is 6.64. The van der Waals surface area contributed by atoms with Crippen molar-refractivity contribution < 1.29 is 17.7 Å². The Kier molecular flexibility index (Phi) is 5.81. The molecule has 1 saturated heterocycles. The highest BCUT2D eigenvalue weighted by Gasteiger charge is 2.34. The first-order chi connectivity index (χ1) is 12.6. The summed E-state index contributed by atoms with van der Waals surface area (Å²) in [6.45, 7) is 6.55. The van der Waals surface area contributed by atoms with Crippen LogP contribution in [-0.4, -0.2) is 36.9 Å². The minimum absolute atomic E-state index is 0.160. The Morgan fingerprint density at radius 3 is 2.74 bits per heavy atom. The molecular weight excluding hydrogens is 454 g/mol. The van der Waals surface area contributed by atoms with Gasteiger partial charge in [0.05, 0.1) is 9.70 Å². The van der Waals surface area contributed by atoms with E-state index in [1.165, 1.54) is 15.6 Å². The second kappa shape index (κ2) is 7.65. The second-order valence-electron chi connectivity index (χ2n) is 7.58. The predicted molar refractivity (Wildman–Crippen MR) is 107 cm³/mol. The lowest BCUT2D eigenvalue weighted by atomic mass is 9.93. The van der Waals surface area contributed by atoms with Crippen LogP contribution in [0.3, 0.4) is 0 Å². The fourth-order valence-electron chi connectivity index (χ4n) is 2.85. The summed E-state index contributed by atoms with van der Waals surface area (Å²) in [5.41, 5.74) is -0.208. The molecule has 148 valence electrons. The van der Waals surface area contributed by atoms with Crippen LogP contribution in [0.4, 0.5) is 5.82 Å². The van der Waals surface area contributed by atoms with Crippen LogP contribution in [0.1, 0.15) is 39.4 Å². The molecule has 1 atom stereocenters. The molecule has 0 aromatic carbocycles. The average Bonchev–Trinajstić information content (AvgIpc) is 3.24. The van der Waals surface area contributed by atoms with Crippen LogP contribution < -0.4 is 5.32 Å². The number of thiophene rings is 1. The largest absolute Gasteiger partial charge is 0.359 e. The lowest BCUT2D eigenvalue weighted by Gasteiger charge is -2.30. The van der Waals surface area contributed by atoms with Crippen molar-refractivity contribution in [2.45, 2.75) is 43.2 Å². The van der Waals surface area contributed by atoms with E-state index in [9.17, 15) is 13.2 Å². The molecule has 0 bridgehead atoms. The highest BCUT2D eigenvalue weighted by molar-refractivity contribution is 9.11. The Hall–Kier alpha value is -1.23. The van der Waals surface area contributed by atoms with Crippen LogP contribution in [0.5, 0.6) is 0 Å². The molecule has 0 saturated carbocycles. The predicted octanol–water partition coefficient (Wildman–Crippen LogP) is 3.84. The standard InChI is InChI=1S/C17H22BrN3O4S2/c1-17(2,3)12-9-14(20-25-12)19-16(22)11-5-4-8-21(10-11)27(23,24)15-7-6-13(18)26-15/h6-7,9,11H,4-5,8,10H2,1-3H3,(H,19,20,22). The molecule has 10 heteroatoms. The molecular formula is C17H22BrN3O4S2. The van der Waals surface area contributed by atoms with Crippen molar-refractivity contribution in [1.82, 2.24) is 9.46 Å². The highest BCUT2D eigenvalue weighted by Crippen LogP contribution is 2.31. The van der Waals surface area contributed by atoms with Gasteiger partial charge in [-0.3, -0.25) is 4.79 Å². The average molecular weight is 476 g/mol. The van der Waals surface area contributed by atoms with Crippen LogP contribution in [0.2, 0.25) is 0 Å². The smallest absolute Gasteiger partial charge is 0.252 e. The molecule has 0 radical (unpaired) electrons. The van der Waals surface area contributed by atoms with Crippen molar-refractivity contribution >= 4 is 49.0 Å². The van der Waals surface area contributed by atoms with Gasteiger partial charge >= 0.3 is 0 Å². The van der Waals surface area contributed by atoms with E-state index in [-0.39, 0.29) is 22.1 Å². The molecule has 1 unspecified atom stereocenters. The molecule has 1 aliphatic rings. The summed E-state index contributed by atoms with van der Waals surface area (Å²) < 4.78 is 33.3. The van der Waals surface area contributed by atoms with E-state index in [2.05, 4.69) is 26.4 Å². The van der Waals surface area contributed by atoms with E-state index in [0.717, 1.165) is 3.79 Å². The minimum atomic E-state index is -3.59. The zero-order chi connectivity index (χ0) is 19.8. The normalized spacial score (nSPS) is 19.2. The monoisotopic (exact) mass is 475 g/mol. The Labute approximate surface area is 171 Å². The van der Waals surface area contributed by atoms with Gasteiger partial charge in [-0.25, -0.2) is 8.42 Å². The van der Waals surface area contributed by atoms with Crippen molar-refractivity contribution in [3.63, 3.8) is 0 Å². The van der Waals surface area contributed by atoms with Crippen LogP contribution in [0.25, 0.3) is 0 Å². The zero-order valence-electron chi connectivity index (χ0n) is 15.4. The molecule has 2 aromatic rings. The van der Waals surface area contributed by atoms with E-state index in [4.69, 9.17) is 4.52 Å². The van der Waals surface area contributed by atoms with Crippen molar-refractivity contribution in [1.29, 1.82) is 0 Å². The first-order valence-electron chi connectivity index (χ1n) is 8.61. The SMILES string of the molecule is CC(C)(C)c1cc(NC(=O)C2CCCN(S(=O)(=O)c3ccc(Br)s3)C2)no1. The molecule has 3 heterocycles. The van der Waals surface area contributed by atoms with Crippen molar-refractivity contribution in [2.75, 3.05) is 18.4 Å². The zero-order valence-corrected chi connectivity index (χ0v) is 18.6. The summed E-state index contributed by atoms with van der Waals surface area (Å²) in [6, 6.07) is 5.00. The fraction of sp³-hybridized carbons (Fsp3) is 0.529. The van der Waals surface area contributed by atoms with Crippen LogP contribution >= 0.6 is 27.3 Å². The Morgan fingerprint density at radius 1 is 1.41 bits per heavy atom. The third-order valence-corrected chi connectivity index (χ3v) is 8.35. The molecule has 0 aliphatic carbocycles. The molecule has 1 N–H and O–H groups in total. The van der Waals surface area contributed by atoms with E-state index >= 15 is 0 Å². The number of carbonyl (C=O) groups excluding carboxylic acids is 1. The van der Waals surface area contributed by atoms with Gasteiger partial charge in [-0.15, -0.1) is 11.3 Å². The maximum Gasteiger partial charge on any atom is 0.252 e. The van der Waals surface area contributed by atoms with Gasteiger partial charge < -0.3 is 9.84 Å². The number of nitrogens with zero attached hydrogens (tertiary/aromatic N) is 2. The van der Waals surface area contributed by atoms with Crippen molar-refractivity contribution in [3.8, 4) is 0 Å². The van der Waals surface area contributed by atoms with Crippen LogP contribution in [0, 0.1) is 5.92 Å². The lowest BCUT2D eigenvalue weighted by molar-refractivity contribution is -0.120. The summed E-state index contributed by atoms with van der Waals surface area (Å²) in [7, 11) is -3.59. The molecule has 1 aliphatic heterocycles. The minimum Gasteiger partial charge on any atom is -0.359 e. The number of sulfonamides is 1. The highest BCUT2D eigenvalue weighted by atomic mass is 79.9. The molecule has 3 rings (SSSR count). The van der Waals surface area contributed by atoms with E-state index < -0.39 is 15.9 Å². The Bertz CT molecular complexity index is 930. The summed E-state index contributed by atoms with van der Waals surface area (Å²) >= 11 is 4.46. The van der Waals surface area contributed by atoms with Crippen molar-refractivity contribution in [3.05, 3.63) is 27.7 Å². The number of anilines is 1. The topological polar surface area (TPSA) is 92.5 Å². The number of rotatable bonds is 4. The number of aromatic nitrogens is 1. The molecule has 0 spiro atoms. The van der Waals surface area contributed by atoms with Gasteiger partial charge in [-0.1, -0.05) is 25.9 Å². The van der Waals surface area contributed by atoms with Gasteiger partial charge in [0.25, 0.3) is 10.0 Å². The number of carbonyl (C=O) groups is 1. The second-order valence-corrected chi connectivity index (χ2v) is 12.2. The maximum atomic E-state index is 12.8. The van der Waals surface area contributed by atoms with Gasteiger partial charge in [0.15, 0.2) is 5.82 Å². The first-order valence-corrected chi connectivity index (χ1v) is 11.7. The number of hydrogen-bond acceptors (Lipinski definition) is 6. The van der Waals surface area contributed by atoms with E-state index in [1.807, 2.05) is 20.8 Å². The van der Waals surface area contributed by atoms with Gasteiger partial charge in [-0.2, -0.15) is 4.31 Å². The first kappa shape index (κ1) is 20.5. The summed E-state index contributed by atoms with van der Waals surface area (Å²) in [4.78, 5) is 12.6.